The van der Waals surface area contributed by atoms with E-state index in [0.29, 0.717) is 9.90 Å². The molecular weight excluding hydrogens is 342 g/mol. The topological polar surface area (TPSA) is 63.2 Å². The van der Waals surface area contributed by atoms with Crippen LogP contribution in [-0.2, 0) is 9.84 Å². The number of amides is 1. The molecule has 0 aliphatic rings. The zero-order chi connectivity index (χ0) is 16.3. The molecule has 1 amide bonds. The molecule has 0 unspecified atom stereocenters. The monoisotopic (exact) mass is 357 g/mol. The van der Waals surface area contributed by atoms with Crippen LogP contribution >= 0.6 is 22.9 Å². The van der Waals surface area contributed by atoms with Gasteiger partial charge in [0.2, 0.25) is 9.84 Å². The number of benzene rings is 1. The third-order valence-corrected chi connectivity index (χ3v) is 6.78. The van der Waals surface area contributed by atoms with Gasteiger partial charge >= 0.3 is 0 Å². The molecule has 0 spiro atoms. The number of carbonyl (C=O) groups excluding carboxylic acids is 1. The van der Waals surface area contributed by atoms with Gasteiger partial charge in [-0.3, -0.25) is 4.79 Å². The van der Waals surface area contributed by atoms with Crippen LogP contribution in [-0.4, -0.2) is 20.4 Å². The van der Waals surface area contributed by atoms with E-state index in [1.165, 1.54) is 36.4 Å². The smallest absolute Gasteiger partial charge is 0.261 e. The second-order valence-corrected chi connectivity index (χ2v) is 8.56. The Bertz CT molecular complexity index is 766. The van der Waals surface area contributed by atoms with E-state index in [9.17, 15) is 13.2 Å². The molecule has 0 bridgehead atoms. The van der Waals surface area contributed by atoms with E-state index >= 15 is 0 Å². The average Bonchev–Trinajstić information content (AvgIpc) is 2.98. The number of halogens is 1. The standard InChI is InChI=1S/C15H16ClNO3S2/c1-3-10(2)17-15(18)13-8-9-14(21-13)22(19,20)12-6-4-11(16)5-7-12/h4-10H,3H2,1-2H3,(H,17,18)/t10-/m0/s1. The van der Waals surface area contributed by atoms with Crippen LogP contribution in [0.2, 0.25) is 5.02 Å². The number of rotatable bonds is 5. The van der Waals surface area contributed by atoms with Gasteiger partial charge in [0.25, 0.3) is 5.91 Å². The van der Waals surface area contributed by atoms with Crippen molar-refractivity contribution in [1.82, 2.24) is 5.32 Å². The van der Waals surface area contributed by atoms with Gasteiger partial charge in [-0.25, -0.2) is 8.42 Å². The molecule has 1 aromatic carbocycles. The largest absolute Gasteiger partial charge is 0.349 e. The van der Waals surface area contributed by atoms with Crippen LogP contribution in [0.25, 0.3) is 0 Å². The Balaban J connectivity index is 2.27. The Morgan fingerprint density at radius 3 is 2.45 bits per heavy atom. The summed E-state index contributed by atoms with van der Waals surface area (Å²) < 4.78 is 25.1. The molecule has 1 heterocycles. The first-order chi connectivity index (χ1) is 10.3. The van der Waals surface area contributed by atoms with Crippen molar-refractivity contribution in [2.75, 3.05) is 0 Å². The fourth-order valence-electron chi connectivity index (χ4n) is 1.71. The van der Waals surface area contributed by atoms with Gasteiger partial charge < -0.3 is 5.32 Å². The summed E-state index contributed by atoms with van der Waals surface area (Å²) >= 11 is 6.74. The summed E-state index contributed by atoms with van der Waals surface area (Å²) in [6.07, 6.45) is 0.813. The predicted octanol–water partition coefficient (Wildman–Crippen LogP) is 3.76. The summed E-state index contributed by atoms with van der Waals surface area (Å²) in [6.45, 7) is 3.87. The van der Waals surface area contributed by atoms with Gasteiger partial charge in [-0.2, -0.15) is 0 Å². The lowest BCUT2D eigenvalue weighted by Crippen LogP contribution is -2.31. The molecule has 2 rings (SSSR count). The molecule has 1 aromatic heterocycles. The molecule has 2 aromatic rings. The van der Waals surface area contributed by atoms with Gasteiger partial charge in [0.05, 0.1) is 9.77 Å². The molecule has 4 nitrogen and oxygen atoms in total. The van der Waals surface area contributed by atoms with Crippen LogP contribution in [0.4, 0.5) is 0 Å². The van der Waals surface area contributed by atoms with Gasteiger partial charge in [-0.15, -0.1) is 11.3 Å². The third kappa shape index (κ3) is 3.69. The second kappa shape index (κ2) is 6.81. The van der Waals surface area contributed by atoms with Crippen molar-refractivity contribution in [2.24, 2.45) is 0 Å². The van der Waals surface area contributed by atoms with Gasteiger partial charge in [-0.05, 0) is 49.7 Å². The fourth-order valence-corrected chi connectivity index (χ4v) is 4.45. The van der Waals surface area contributed by atoms with E-state index in [1.807, 2.05) is 13.8 Å². The number of sulfone groups is 1. The van der Waals surface area contributed by atoms with Crippen molar-refractivity contribution in [2.45, 2.75) is 35.4 Å². The molecule has 0 saturated heterocycles. The zero-order valence-electron chi connectivity index (χ0n) is 12.2. The van der Waals surface area contributed by atoms with E-state index in [-0.39, 0.29) is 21.1 Å². The SMILES string of the molecule is CC[C@H](C)NC(=O)c1ccc(S(=O)(=O)c2ccc(Cl)cc2)s1. The maximum Gasteiger partial charge on any atom is 0.261 e. The van der Waals surface area contributed by atoms with E-state index < -0.39 is 9.84 Å². The van der Waals surface area contributed by atoms with Crippen molar-refractivity contribution in [3.8, 4) is 0 Å². The first kappa shape index (κ1) is 17.0. The maximum absolute atomic E-state index is 12.5. The average molecular weight is 358 g/mol. The van der Waals surface area contributed by atoms with Gasteiger partial charge in [-0.1, -0.05) is 18.5 Å². The molecule has 1 atom stereocenters. The number of hydrogen-bond acceptors (Lipinski definition) is 4. The van der Waals surface area contributed by atoms with Crippen LogP contribution in [0.1, 0.15) is 29.9 Å². The Morgan fingerprint density at radius 1 is 1.23 bits per heavy atom. The lowest BCUT2D eigenvalue weighted by molar-refractivity contribution is 0.0943. The molecule has 0 radical (unpaired) electrons. The highest BCUT2D eigenvalue weighted by molar-refractivity contribution is 7.93. The van der Waals surface area contributed by atoms with Crippen LogP contribution < -0.4 is 5.32 Å². The lowest BCUT2D eigenvalue weighted by Gasteiger charge is -2.09. The first-order valence-electron chi connectivity index (χ1n) is 6.76. The Kier molecular flexibility index (Phi) is 5.26. The molecule has 0 aliphatic carbocycles. The number of thiophene rings is 1. The molecule has 118 valence electrons. The minimum Gasteiger partial charge on any atom is -0.349 e. The van der Waals surface area contributed by atoms with E-state index in [2.05, 4.69) is 5.32 Å². The maximum atomic E-state index is 12.5. The summed E-state index contributed by atoms with van der Waals surface area (Å²) in [6, 6.07) is 9.00. The zero-order valence-corrected chi connectivity index (χ0v) is 14.6. The van der Waals surface area contributed by atoms with Gasteiger partial charge in [0.15, 0.2) is 0 Å². The van der Waals surface area contributed by atoms with E-state index in [4.69, 9.17) is 11.6 Å². The van der Waals surface area contributed by atoms with Gasteiger partial charge in [0, 0.05) is 11.1 Å². The van der Waals surface area contributed by atoms with Crippen LogP contribution in [0, 0.1) is 0 Å². The molecule has 0 saturated carbocycles. The number of carbonyl (C=O) groups is 1. The van der Waals surface area contributed by atoms with Crippen molar-refractivity contribution in [3.63, 3.8) is 0 Å². The Morgan fingerprint density at radius 2 is 1.86 bits per heavy atom. The van der Waals surface area contributed by atoms with E-state index in [0.717, 1.165) is 17.8 Å². The quantitative estimate of drug-likeness (QED) is 0.886. The number of nitrogens with one attached hydrogen (secondary N) is 1. The predicted molar refractivity (Wildman–Crippen MR) is 88.4 cm³/mol. The third-order valence-electron chi connectivity index (χ3n) is 3.18. The van der Waals surface area contributed by atoms with Gasteiger partial charge in [0.1, 0.15) is 4.21 Å². The minimum absolute atomic E-state index is 0.0472. The van der Waals surface area contributed by atoms with Crippen molar-refractivity contribution in [1.29, 1.82) is 0 Å². The number of hydrogen-bond donors (Lipinski definition) is 1. The highest BCUT2D eigenvalue weighted by Crippen LogP contribution is 2.28. The highest BCUT2D eigenvalue weighted by atomic mass is 35.5. The van der Waals surface area contributed by atoms with Crippen LogP contribution in [0.3, 0.4) is 0 Å². The lowest BCUT2D eigenvalue weighted by atomic mass is 10.2. The normalized spacial score (nSPS) is 12.9. The fraction of sp³-hybridized carbons (Fsp3) is 0.267. The molecule has 22 heavy (non-hydrogen) atoms. The summed E-state index contributed by atoms with van der Waals surface area (Å²) in [4.78, 5) is 12.6. The summed E-state index contributed by atoms with van der Waals surface area (Å²) in [5, 5.41) is 3.29. The molecule has 1 N–H and O–H groups in total. The van der Waals surface area contributed by atoms with Crippen molar-refractivity contribution >= 4 is 38.7 Å². The van der Waals surface area contributed by atoms with Crippen LogP contribution in [0.5, 0.6) is 0 Å². The first-order valence-corrected chi connectivity index (χ1v) is 9.43. The second-order valence-electron chi connectivity index (χ2n) is 4.86. The molecule has 0 fully saturated rings. The summed E-state index contributed by atoms with van der Waals surface area (Å²) in [5.74, 6) is -0.253. The van der Waals surface area contributed by atoms with Crippen LogP contribution in [0.15, 0.2) is 45.5 Å². The molecule has 7 heteroatoms. The molecular formula is C15H16ClNO3S2. The highest BCUT2D eigenvalue weighted by Gasteiger charge is 2.22. The van der Waals surface area contributed by atoms with Crippen molar-refractivity contribution < 1.29 is 13.2 Å². The van der Waals surface area contributed by atoms with E-state index in [1.54, 1.807) is 0 Å². The Labute approximate surface area is 139 Å². The van der Waals surface area contributed by atoms with Crippen molar-refractivity contribution in [3.05, 3.63) is 46.3 Å². The Hall–Kier alpha value is -1.37. The summed E-state index contributed by atoms with van der Waals surface area (Å²) in [5.41, 5.74) is 0. The minimum atomic E-state index is -3.62. The molecule has 0 aliphatic heterocycles. The summed E-state index contributed by atoms with van der Waals surface area (Å²) in [7, 11) is -3.62.